The van der Waals surface area contributed by atoms with E-state index in [0.29, 0.717) is 18.0 Å². The van der Waals surface area contributed by atoms with E-state index in [2.05, 4.69) is 56.7 Å². The molecular weight excluding hydrogens is 531 g/mol. The molecule has 0 heterocycles. The van der Waals surface area contributed by atoms with Gasteiger partial charge >= 0.3 is 0 Å². The third kappa shape index (κ3) is 8.18. The van der Waals surface area contributed by atoms with E-state index in [1.54, 1.807) is 19.2 Å². The number of nitrogens with two attached hydrogens (primary N) is 1. The quantitative estimate of drug-likeness (QED) is 0.259. The highest BCUT2D eigenvalue weighted by molar-refractivity contribution is 14.0. The Kier molecular flexibility index (Phi) is 11.1. The highest BCUT2D eigenvalue weighted by Crippen LogP contribution is 2.16. The van der Waals surface area contributed by atoms with Gasteiger partial charge in [-0.3, -0.25) is 9.79 Å². The number of carbonyl (C=O) groups excluding carboxylic acids is 1. The van der Waals surface area contributed by atoms with Gasteiger partial charge in [-0.2, -0.15) is 0 Å². The summed E-state index contributed by atoms with van der Waals surface area (Å²) in [6, 6.07) is 15.7. The molecule has 2 rings (SSSR count). The lowest BCUT2D eigenvalue weighted by Crippen LogP contribution is -2.39. The van der Waals surface area contributed by atoms with E-state index in [1.165, 1.54) is 5.56 Å². The molecule has 28 heavy (non-hydrogen) atoms. The topological polar surface area (TPSA) is 79.5 Å². The van der Waals surface area contributed by atoms with Crippen LogP contribution in [0.25, 0.3) is 0 Å². The highest BCUT2D eigenvalue weighted by atomic mass is 127. The number of hydrogen-bond donors (Lipinski definition) is 3. The van der Waals surface area contributed by atoms with E-state index in [4.69, 9.17) is 5.73 Å². The van der Waals surface area contributed by atoms with Gasteiger partial charge in [0.15, 0.2) is 5.96 Å². The Balaban J connectivity index is 0.00000392. The second kappa shape index (κ2) is 12.8. The molecule has 0 radical (unpaired) electrons. The number of rotatable bonds is 8. The largest absolute Gasteiger partial charge is 0.366 e. The lowest BCUT2D eigenvalue weighted by Gasteiger charge is -2.18. The molecule has 7 heteroatoms. The van der Waals surface area contributed by atoms with E-state index in [9.17, 15) is 4.79 Å². The van der Waals surface area contributed by atoms with E-state index in [1.807, 2.05) is 18.2 Å². The average molecular weight is 559 g/mol. The summed E-state index contributed by atoms with van der Waals surface area (Å²) in [5, 5.41) is 6.71. The van der Waals surface area contributed by atoms with Crippen LogP contribution < -0.4 is 16.4 Å². The van der Waals surface area contributed by atoms with Gasteiger partial charge in [-0.25, -0.2) is 0 Å². The van der Waals surface area contributed by atoms with Gasteiger partial charge < -0.3 is 16.4 Å². The van der Waals surface area contributed by atoms with Crippen molar-refractivity contribution in [3.05, 3.63) is 69.7 Å². The van der Waals surface area contributed by atoms with Crippen LogP contribution in [0, 0.1) is 5.92 Å². The Bertz CT molecular complexity index is 780. The number of benzene rings is 2. The summed E-state index contributed by atoms with van der Waals surface area (Å²) in [5.41, 5.74) is 8.17. The number of nitrogens with zero attached hydrogens (tertiary/aromatic N) is 1. The minimum atomic E-state index is -0.414. The summed E-state index contributed by atoms with van der Waals surface area (Å²) >= 11 is 3.53. The first kappa shape index (κ1) is 24.4. The van der Waals surface area contributed by atoms with Gasteiger partial charge in [0.1, 0.15) is 0 Å². The molecule has 2 aromatic carbocycles. The molecule has 0 aliphatic carbocycles. The van der Waals surface area contributed by atoms with Crippen LogP contribution in [0.1, 0.15) is 34.8 Å². The molecule has 0 saturated carbocycles. The second-order valence-corrected chi connectivity index (χ2v) is 7.39. The number of primary amides is 1. The van der Waals surface area contributed by atoms with Crippen LogP contribution in [-0.4, -0.2) is 25.5 Å². The zero-order chi connectivity index (χ0) is 19.6. The third-order valence-corrected chi connectivity index (χ3v) is 4.96. The minimum Gasteiger partial charge on any atom is -0.366 e. The molecule has 5 nitrogen and oxygen atoms in total. The van der Waals surface area contributed by atoms with Gasteiger partial charge in [0.05, 0.1) is 0 Å². The van der Waals surface area contributed by atoms with E-state index < -0.39 is 5.91 Å². The molecule has 0 saturated heterocycles. The van der Waals surface area contributed by atoms with Crippen LogP contribution in [0.4, 0.5) is 0 Å². The summed E-state index contributed by atoms with van der Waals surface area (Å²) in [6.07, 6.45) is 2.11. The fourth-order valence-electron chi connectivity index (χ4n) is 2.79. The Morgan fingerprint density at radius 1 is 1.14 bits per heavy atom. The molecule has 0 spiro atoms. The van der Waals surface area contributed by atoms with Gasteiger partial charge in [0, 0.05) is 30.2 Å². The van der Waals surface area contributed by atoms with Crippen molar-refractivity contribution in [3.8, 4) is 0 Å². The molecule has 4 N–H and O–H groups in total. The van der Waals surface area contributed by atoms with Crippen LogP contribution in [0.3, 0.4) is 0 Å². The van der Waals surface area contributed by atoms with Gasteiger partial charge in [-0.15, -0.1) is 24.0 Å². The lowest BCUT2D eigenvalue weighted by atomic mass is 9.97. The van der Waals surface area contributed by atoms with Gasteiger partial charge in [-0.05, 0) is 47.7 Å². The van der Waals surface area contributed by atoms with Crippen LogP contribution in [0.15, 0.2) is 58.0 Å². The second-order valence-electron chi connectivity index (χ2n) is 6.48. The number of halogens is 2. The zero-order valence-corrected chi connectivity index (χ0v) is 20.2. The molecule has 1 unspecified atom stereocenters. The Morgan fingerprint density at radius 2 is 1.86 bits per heavy atom. The Hall–Kier alpha value is -1.61. The first-order valence-corrected chi connectivity index (χ1v) is 9.88. The SMILES string of the molecule is CCC(CNC(=NC)NCc1ccc(C(N)=O)cc1)Cc1cccc(Br)c1.I. The molecular formula is C21H28BrIN4O. The first-order chi connectivity index (χ1) is 13.0. The van der Waals surface area contributed by atoms with Crippen molar-refractivity contribution in [1.29, 1.82) is 0 Å². The van der Waals surface area contributed by atoms with E-state index in [0.717, 1.165) is 35.4 Å². The van der Waals surface area contributed by atoms with Crippen LogP contribution >= 0.6 is 39.9 Å². The number of guanidine groups is 1. The van der Waals surface area contributed by atoms with Crippen LogP contribution in [0.5, 0.6) is 0 Å². The highest BCUT2D eigenvalue weighted by Gasteiger charge is 2.09. The predicted octanol–water partition coefficient (Wildman–Crippen LogP) is 4.10. The Labute approximate surface area is 192 Å². The third-order valence-electron chi connectivity index (χ3n) is 4.47. The standard InChI is InChI=1S/C21H27BrN4O.HI/c1-3-15(11-17-5-4-6-19(22)12-17)13-25-21(24-2)26-14-16-7-9-18(10-8-16)20(23)27;/h4-10,12,15H,3,11,13-14H2,1-2H3,(H2,23,27)(H2,24,25,26);1H. The summed E-state index contributed by atoms with van der Waals surface area (Å²) < 4.78 is 1.11. The summed E-state index contributed by atoms with van der Waals surface area (Å²) in [7, 11) is 1.76. The van der Waals surface area contributed by atoms with E-state index >= 15 is 0 Å². The van der Waals surface area contributed by atoms with Crippen molar-refractivity contribution in [2.75, 3.05) is 13.6 Å². The molecule has 0 fully saturated rings. The van der Waals surface area contributed by atoms with Gasteiger partial charge in [-0.1, -0.05) is 53.5 Å². The number of carbonyl (C=O) groups is 1. The maximum absolute atomic E-state index is 11.1. The van der Waals surface area contributed by atoms with Crippen molar-refractivity contribution < 1.29 is 4.79 Å². The maximum atomic E-state index is 11.1. The van der Waals surface area contributed by atoms with Crippen LogP contribution in [0.2, 0.25) is 0 Å². The van der Waals surface area contributed by atoms with Crippen molar-refractivity contribution in [1.82, 2.24) is 10.6 Å². The number of nitrogens with one attached hydrogen (secondary N) is 2. The molecule has 1 atom stereocenters. The van der Waals surface area contributed by atoms with Crippen molar-refractivity contribution >= 4 is 51.8 Å². The summed E-state index contributed by atoms with van der Waals surface area (Å²) in [5.74, 6) is 0.873. The zero-order valence-electron chi connectivity index (χ0n) is 16.2. The molecule has 2 aromatic rings. The summed E-state index contributed by atoms with van der Waals surface area (Å²) in [4.78, 5) is 15.4. The fraction of sp³-hybridized carbons (Fsp3) is 0.333. The van der Waals surface area contributed by atoms with E-state index in [-0.39, 0.29) is 24.0 Å². The van der Waals surface area contributed by atoms with Crippen LogP contribution in [-0.2, 0) is 13.0 Å². The molecule has 152 valence electrons. The number of amides is 1. The lowest BCUT2D eigenvalue weighted by molar-refractivity contribution is 0.100. The number of hydrogen-bond acceptors (Lipinski definition) is 2. The molecule has 1 amide bonds. The normalized spacial score (nSPS) is 12.0. The Morgan fingerprint density at radius 3 is 2.43 bits per heavy atom. The molecule has 0 bridgehead atoms. The average Bonchev–Trinajstić information content (AvgIpc) is 2.67. The van der Waals surface area contributed by atoms with Gasteiger partial charge in [0.25, 0.3) is 0 Å². The van der Waals surface area contributed by atoms with Crippen molar-refractivity contribution in [3.63, 3.8) is 0 Å². The smallest absolute Gasteiger partial charge is 0.248 e. The van der Waals surface area contributed by atoms with Crippen molar-refractivity contribution in [2.45, 2.75) is 26.3 Å². The minimum absolute atomic E-state index is 0. The predicted molar refractivity (Wildman–Crippen MR) is 130 cm³/mol. The molecule has 0 aromatic heterocycles. The first-order valence-electron chi connectivity index (χ1n) is 9.09. The number of aliphatic imine (C=N–C) groups is 1. The summed E-state index contributed by atoms with van der Waals surface area (Å²) in [6.45, 7) is 3.69. The van der Waals surface area contributed by atoms with Crippen molar-refractivity contribution in [2.24, 2.45) is 16.6 Å². The van der Waals surface area contributed by atoms with Gasteiger partial charge in [0.2, 0.25) is 5.91 Å². The monoisotopic (exact) mass is 558 g/mol. The fourth-order valence-corrected chi connectivity index (χ4v) is 3.24. The maximum Gasteiger partial charge on any atom is 0.248 e. The molecule has 0 aliphatic rings. The molecule has 0 aliphatic heterocycles.